The van der Waals surface area contributed by atoms with Gasteiger partial charge < -0.3 is 0 Å². The Hall–Kier alpha value is -5.98. The molecule has 5 unspecified atom stereocenters. The topological polar surface area (TPSA) is 0 Å². The molecule has 0 aromatic heterocycles. The van der Waals surface area contributed by atoms with Gasteiger partial charge in [0.2, 0.25) is 0 Å². The van der Waals surface area contributed by atoms with Crippen molar-refractivity contribution in [1.82, 2.24) is 0 Å². The van der Waals surface area contributed by atoms with Gasteiger partial charge >= 0.3 is 0 Å². The predicted molar refractivity (Wildman–Crippen MR) is 258 cm³/mol. The minimum absolute atomic E-state index is 0.226. The van der Waals surface area contributed by atoms with Crippen molar-refractivity contribution < 1.29 is 0 Å². The molecule has 0 bridgehead atoms. The molecule has 0 heteroatoms. The predicted octanol–water partition coefficient (Wildman–Crippen LogP) is 15.8. The van der Waals surface area contributed by atoms with Gasteiger partial charge in [-0.1, -0.05) is 202 Å². The summed E-state index contributed by atoms with van der Waals surface area (Å²) in [6.07, 6.45) is 36.9. The van der Waals surface area contributed by atoms with Crippen LogP contribution < -0.4 is 0 Å². The fraction of sp³-hybridized carbons (Fsp3) is 0.233. The van der Waals surface area contributed by atoms with E-state index in [1.54, 1.807) is 11.6 Å². The fourth-order valence-corrected chi connectivity index (χ4v) is 10.3. The van der Waals surface area contributed by atoms with Gasteiger partial charge in [0.1, 0.15) is 0 Å². The molecule has 0 amide bonds. The van der Waals surface area contributed by atoms with E-state index in [0.29, 0.717) is 17.8 Å². The first-order valence-corrected chi connectivity index (χ1v) is 22.3. The molecule has 0 radical (unpaired) electrons. The summed E-state index contributed by atoms with van der Waals surface area (Å²) in [4.78, 5) is 0. The highest BCUT2D eigenvalue weighted by Crippen LogP contribution is 2.51. The standard InChI is InChI=1S/C60H57/c1-5-17-48(50-24-15-23-49(38-50)43-18-11-8-12-19-43)39-52-34-33-51(44-29-31-45(32-30-44)55-26-14-13-25-53(55)41(2)3)40-58(52)60(54-36-28-42(54)4)57-37-35-47-21-10-7-6-9-20-46-22-16-27-56(57)59(46)47/h1,5-18,22-27,29-38,40-43,52,58,60H,19-21,28,39H2,2-4H3/q-1/b9-6-,10-7-,48-17-. The molecular weight excluding hydrogens is 721 g/mol. The number of hydrogen-bond acceptors (Lipinski definition) is 0. The second-order valence-corrected chi connectivity index (χ2v) is 17.6. The summed E-state index contributed by atoms with van der Waals surface area (Å²) in [5.74, 6) is 2.10. The maximum atomic E-state index is 6.29. The molecular formula is C60H57-. The first kappa shape index (κ1) is 39.5. The molecule has 0 N–H and O–H groups in total. The van der Waals surface area contributed by atoms with Gasteiger partial charge in [0.05, 0.1) is 0 Å². The average molecular weight is 778 g/mol. The third-order valence-electron chi connectivity index (χ3n) is 13.6. The van der Waals surface area contributed by atoms with Crippen molar-refractivity contribution in [3.63, 3.8) is 0 Å². The Balaban J connectivity index is 1.16. The van der Waals surface area contributed by atoms with Crippen molar-refractivity contribution in [2.24, 2.45) is 17.8 Å². The van der Waals surface area contributed by atoms with Gasteiger partial charge in [-0.05, 0) is 122 Å². The third-order valence-corrected chi connectivity index (χ3v) is 13.6. The van der Waals surface area contributed by atoms with Crippen LogP contribution in [0.5, 0.6) is 0 Å². The molecule has 0 aliphatic heterocycles. The molecule has 4 aliphatic rings. The number of rotatable bonds is 11. The third kappa shape index (κ3) is 8.01. The Morgan fingerprint density at radius 3 is 2.23 bits per heavy atom. The van der Waals surface area contributed by atoms with E-state index in [4.69, 9.17) is 6.58 Å². The van der Waals surface area contributed by atoms with Crippen LogP contribution in [0.15, 0.2) is 194 Å². The van der Waals surface area contributed by atoms with Crippen molar-refractivity contribution in [2.75, 3.05) is 0 Å². The van der Waals surface area contributed by atoms with Crippen molar-refractivity contribution in [1.29, 1.82) is 0 Å². The van der Waals surface area contributed by atoms with Crippen molar-refractivity contribution in [3.8, 4) is 11.1 Å². The summed E-state index contributed by atoms with van der Waals surface area (Å²) in [6.45, 7) is 13.3. The Labute approximate surface area is 359 Å². The lowest BCUT2D eigenvalue weighted by atomic mass is 9.63. The van der Waals surface area contributed by atoms with Gasteiger partial charge in [0, 0.05) is 11.8 Å². The monoisotopic (exact) mass is 777 g/mol. The summed E-state index contributed by atoms with van der Waals surface area (Å²) >= 11 is 0. The van der Waals surface area contributed by atoms with Crippen molar-refractivity contribution in [2.45, 2.75) is 70.6 Å². The molecule has 0 saturated carbocycles. The van der Waals surface area contributed by atoms with Crippen LogP contribution in [0.4, 0.5) is 0 Å². The van der Waals surface area contributed by atoms with Crippen LogP contribution in [0.2, 0.25) is 0 Å². The van der Waals surface area contributed by atoms with Gasteiger partial charge in [0.25, 0.3) is 0 Å². The van der Waals surface area contributed by atoms with Crippen LogP contribution in [-0.4, -0.2) is 0 Å². The SMILES string of the molecule is [CH-]=C/C=C(/CC1C=CC(c2ccc(-c3ccccc3C(C)C)cc2)=CC1C(C1=CCC1C)c1ccc2c3c(cccc13)C/C=C\C=C/C2)c1cccc(C2C=CC=CC2)c1. The number of hydrogen-bond donors (Lipinski definition) is 0. The minimum Gasteiger partial charge on any atom is -0.293 e. The van der Waals surface area contributed by atoms with Crippen molar-refractivity contribution in [3.05, 3.63) is 239 Å². The maximum Gasteiger partial charge on any atom is 0.0126 e. The minimum atomic E-state index is 0.226. The lowest BCUT2D eigenvalue weighted by molar-refractivity contribution is 0.394. The molecule has 5 atom stereocenters. The van der Waals surface area contributed by atoms with Gasteiger partial charge in [-0.3, -0.25) is 6.58 Å². The zero-order valence-corrected chi connectivity index (χ0v) is 35.5. The molecule has 0 fully saturated rings. The Kier molecular flexibility index (Phi) is 11.6. The first-order chi connectivity index (χ1) is 29.5. The van der Waals surface area contributed by atoms with Crippen molar-refractivity contribution >= 4 is 21.9 Å². The fourth-order valence-electron chi connectivity index (χ4n) is 10.3. The molecule has 0 nitrogen and oxygen atoms in total. The van der Waals surface area contributed by atoms with Crippen LogP contribution in [0, 0.1) is 24.3 Å². The molecule has 60 heavy (non-hydrogen) atoms. The number of allylic oxidation sites excluding steroid dienone is 17. The maximum absolute atomic E-state index is 6.29. The lowest BCUT2D eigenvalue weighted by Crippen LogP contribution is -2.28. The van der Waals surface area contributed by atoms with Crippen LogP contribution in [0.25, 0.3) is 33.0 Å². The molecule has 4 aliphatic carbocycles. The van der Waals surface area contributed by atoms with Gasteiger partial charge in [-0.15, -0.1) is 5.57 Å². The highest BCUT2D eigenvalue weighted by molar-refractivity contribution is 5.93. The summed E-state index contributed by atoms with van der Waals surface area (Å²) in [5, 5.41) is 2.85. The second-order valence-electron chi connectivity index (χ2n) is 17.6. The summed E-state index contributed by atoms with van der Waals surface area (Å²) < 4.78 is 0. The quantitative estimate of drug-likeness (QED) is 0.0712. The van der Waals surface area contributed by atoms with E-state index in [9.17, 15) is 0 Å². The lowest BCUT2D eigenvalue weighted by Gasteiger charge is -2.41. The Morgan fingerprint density at radius 2 is 1.50 bits per heavy atom. The first-order valence-electron chi connectivity index (χ1n) is 22.3. The Bertz CT molecular complexity index is 2620. The molecule has 9 rings (SSSR count). The number of benzene rings is 5. The van der Waals surface area contributed by atoms with Crippen LogP contribution >= 0.6 is 0 Å². The Morgan fingerprint density at radius 1 is 0.733 bits per heavy atom. The highest BCUT2D eigenvalue weighted by Gasteiger charge is 2.37. The van der Waals surface area contributed by atoms with E-state index in [2.05, 4.69) is 203 Å². The van der Waals surface area contributed by atoms with Gasteiger partial charge in [-0.25, -0.2) is 12.2 Å². The van der Waals surface area contributed by atoms with Crippen LogP contribution in [0.1, 0.15) is 96.7 Å². The van der Waals surface area contributed by atoms with E-state index < -0.39 is 0 Å². The van der Waals surface area contributed by atoms with E-state index >= 15 is 0 Å². The van der Waals surface area contributed by atoms with Crippen LogP contribution in [0.3, 0.4) is 0 Å². The molecule has 5 aromatic carbocycles. The summed E-state index contributed by atoms with van der Waals surface area (Å²) in [6, 6.07) is 39.3. The van der Waals surface area contributed by atoms with E-state index in [0.717, 1.165) is 32.1 Å². The largest absolute Gasteiger partial charge is 0.293 e. The van der Waals surface area contributed by atoms with Crippen LogP contribution in [-0.2, 0) is 12.8 Å². The van der Waals surface area contributed by atoms with Gasteiger partial charge in [0.15, 0.2) is 0 Å². The van der Waals surface area contributed by atoms with E-state index in [-0.39, 0.29) is 17.8 Å². The van der Waals surface area contributed by atoms with E-state index in [1.807, 2.05) is 0 Å². The smallest absolute Gasteiger partial charge is 0.0126 e. The molecule has 298 valence electrons. The molecule has 0 heterocycles. The highest BCUT2D eigenvalue weighted by atomic mass is 14.4. The molecule has 5 aromatic rings. The average Bonchev–Trinajstić information content (AvgIpc) is 3.39. The summed E-state index contributed by atoms with van der Waals surface area (Å²) in [5.41, 5.74) is 16.3. The zero-order chi connectivity index (χ0) is 41.0. The second kappa shape index (κ2) is 17.7. The molecule has 0 spiro atoms. The van der Waals surface area contributed by atoms with Gasteiger partial charge in [-0.2, -0.15) is 0 Å². The molecule has 0 saturated heterocycles. The van der Waals surface area contributed by atoms with E-state index in [1.165, 1.54) is 72.0 Å². The zero-order valence-electron chi connectivity index (χ0n) is 35.5. The normalized spacial score (nSPS) is 22.6. The summed E-state index contributed by atoms with van der Waals surface area (Å²) in [7, 11) is 0.